The highest BCUT2D eigenvalue weighted by Gasteiger charge is 2.35. The van der Waals surface area contributed by atoms with Crippen molar-refractivity contribution in [1.29, 1.82) is 0 Å². The van der Waals surface area contributed by atoms with E-state index in [0.29, 0.717) is 12.5 Å². The van der Waals surface area contributed by atoms with Crippen LogP contribution in [-0.4, -0.2) is 41.2 Å². The first-order chi connectivity index (χ1) is 10.0. The van der Waals surface area contributed by atoms with Crippen LogP contribution in [0.1, 0.15) is 33.1 Å². The van der Waals surface area contributed by atoms with Gasteiger partial charge in [0.2, 0.25) is 5.91 Å². The molecule has 1 saturated carbocycles. The van der Waals surface area contributed by atoms with Crippen LogP contribution in [0.5, 0.6) is 0 Å². The third kappa shape index (κ3) is 3.26. The smallest absolute Gasteiger partial charge is 0.336 e. The zero-order valence-corrected chi connectivity index (χ0v) is 13.2. The Morgan fingerprint density at radius 3 is 2.86 bits per heavy atom. The summed E-state index contributed by atoms with van der Waals surface area (Å²) in [6, 6.07) is 0.369. The molecule has 0 radical (unpaired) electrons. The van der Waals surface area contributed by atoms with E-state index in [0.717, 1.165) is 41.4 Å². The van der Waals surface area contributed by atoms with E-state index in [1.165, 1.54) is 0 Å². The van der Waals surface area contributed by atoms with Gasteiger partial charge >= 0.3 is 5.97 Å². The minimum atomic E-state index is -0.223. The average Bonchev–Trinajstić information content (AvgIpc) is 2.98. The molecule has 0 spiro atoms. The van der Waals surface area contributed by atoms with Crippen LogP contribution in [0.3, 0.4) is 0 Å². The molecular formula is C15H20N2O3S. The summed E-state index contributed by atoms with van der Waals surface area (Å²) in [5.41, 5.74) is 1.74. The number of hydrogen-bond donors (Lipinski definition) is 1. The van der Waals surface area contributed by atoms with E-state index in [1.807, 2.05) is 13.8 Å². The second kappa shape index (κ2) is 5.75. The largest absolute Gasteiger partial charge is 0.460 e. The van der Waals surface area contributed by atoms with Gasteiger partial charge in [-0.25, -0.2) is 4.79 Å². The van der Waals surface area contributed by atoms with Crippen molar-refractivity contribution in [2.24, 2.45) is 0 Å². The zero-order valence-electron chi connectivity index (χ0n) is 12.3. The van der Waals surface area contributed by atoms with Gasteiger partial charge in [0, 0.05) is 36.5 Å². The summed E-state index contributed by atoms with van der Waals surface area (Å²) in [6.07, 6.45) is 4.43. The molecule has 0 aromatic carbocycles. The first-order valence-corrected chi connectivity index (χ1v) is 8.38. The number of nitrogens with zero attached hydrogens (tertiary/aromatic N) is 1. The number of carbonyl (C=O) groups is 2. The minimum Gasteiger partial charge on any atom is -0.460 e. The SMILES string of the molecule is CC(C)OC(=O)C1=C2SCC(=CC(=O)NC3CC3)N2CC1. The summed E-state index contributed by atoms with van der Waals surface area (Å²) in [5.74, 6) is 0.498. The fraction of sp³-hybridized carbons (Fsp3) is 0.600. The van der Waals surface area contributed by atoms with Crippen molar-refractivity contribution in [2.75, 3.05) is 12.3 Å². The Morgan fingerprint density at radius 2 is 2.19 bits per heavy atom. The molecule has 0 aromatic heterocycles. The average molecular weight is 308 g/mol. The Labute approximate surface area is 128 Å². The summed E-state index contributed by atoms with van der Waals surface area (Å²) in [4.78, 5) is 26.0. The molecule has 1 aliphatic carbocycles. The van der Waals surface area contributed by atoms with Crippen molar-refractivity contribution < 1.29 is 14.3 Å². The van der Waals surface area contributed by atoms with E-state index in [9.17, 15) is 9.59 Å². The number of thioether (sulfide) groups is 1. The molecule has 0 atom stereocenters. The van der Waals surface area contributed by atoms with Gasteiger partial charge in [-0.1, -0.05) is 0 Å². The molecule has 6 heteroatoms. The van der Waals surface area contributed by atoms with E-state index in [1.54, 1.807) is 17.8 Å². The van der Waals surface area contributed by atoms with E-state index in [-0.39, 0.29) is 18.0 Å². The van der Waals surface area contributed by atoms with Crippen LogP contribution in [0.15, 0.2) is 22.4 Å². The van der Waals surface area contributed by atoms with Gasteiger partial charge in [0.1, 0.15) is 0 Å². The number of nitrogens with one attached hydrogen (secondary N) is 1. The molecular weight excluding hydrogens is 288 g/mol. The Balaban J connectivity index is 1.70. The van der Waals surface area contributed by atoms with Crippen molar-refractivity contribution in [1.82, 2.24) is 10.2 Å². The van der Waals surface area contributed by atoms with Crippen LogP contribution in [0, 0.1) is 0 Å². The van der Waals surface area contributed by atoms with Gasteiger partial charge in [0.15, 0.2) is 0 Å². The van der Waals surface area contributed by atoms with Gasteiger partial charge in [-0.2, -0.15) is 0 Å². The van der Waals surface area contributed by atoms with Gasteiger partial charge in [-0.15, -0.1) is 11.8 Å². The topological polar surface area (TPSA) is 58.6 Å². The Kier molecular flexibility index (Phi) is 3.97. The Morgan fingerprint density at radius 1 is 1.43 bits per heavy atom. The van der Waals surface area contributed by atoms with Crippen molar-refractivity contribution >= 4 is 23.6 Å². The second-order valence-electron chi connectivity index (χ2n) is 5.85. The summed E-state index contributed by atoms with van der Waals surface area (Å²) in [7, 11) is 0. The summed E-state index contributed by atoms with van der Waals surface area (Å²) < 4.78 is 5.28. The lowest BCUT2D eigenvalue weighted by molar-refractivity contribution is -0.142. The molecule has 2 fully saturated rings. The van der Waals surface area contributed by atoms with Gasteiger partial charge in [0.05, 0.1) is 16.7 Å². The minimum absolute atomic E-state index is 0.0208. The van der Waals surface area contributed by atoms with Crippen LogP contribution in [0.25, 0.3) is 0 Å². The first-order valence-electron chi connectivity index (χ1n) is 7.40. The van der Waals surface area contributed by atoms with Gasteiger partial charge in [-0.05, 0) is 26.7 Å². The first kappa shape index (κ1) is 14.5. The maximum absolute atomic E-state index is 12.1. The molecule has 1 N–H and O–H groups in total. The predicted octanol–water partition coefficient (Wildman–Crippen LogP) is 1.76. The number of hydrogen-bond acceptors (Lipinski definition) is 5. The standard InChI is InChI=1S/C15H20N2O3S/c1-9(2)20-15(19)12-5-6-17-11(8-21-14(12)17)7-13(18)16-10-3-4-10/h7,9-10H,3-6,8H2,1-2H3,(H,16,18). The highest BCUT2D eigenvalue weighted by molar-refractivity contribution is 8.03. The predicted molar refractivity (Wildman–Crippen MR) is 81.3 cm³/mol. The molecule has 0 aromatic rings. The molecule has 1 saturated heterocycles. The van der Waals surface area contributed by atoms with Crippen LogP contribution in [-0.2, 0) is 14.3 Å². The molecule has 0 bridgehead atoms. The van der Waals surface area contributed by atoms with Crippen LogP contribution < -0.4 is 5.32 Å². The number of ether oxygens (including phenoxy) is 1. The van der Waals surface area contributed by atoms with Crippen molar-refractivity contribution in [3.8, 4) is 0 Å². The fourth-order valence-electron chi connectivity index (χ4n) is 2.47. The molecule has 114 valence electrons. The van der Waals surface area contributed by atoms with Gasteiger partial charge in [-0.3, -0.25) is 4.79 Å². The normalized spacial score (nSPS) is 23.0. The molecule has 5 nitrogen and oxygen atoms in total. The summed E-state index contributed by atoms with van der Waals surface area (Å²) in [5, 5.41) is 3.93. The highest BCUT2D eigenvalue weighted by atomic mass is 32.2. The summed E-state index contributed by atoms with van der Waals surface area (Å²) >= 11 is 1.62. The van der Waals surface area contributed by atoms with E-state index in [4.69, 9.17) is 4.74 Å². The van der Waals surface area contributed by atoms with Crippen LogP contribution in [0.2, 0.25) is 0 Å². The van der Waals surface area contributed by atoms with E-state index >= 15 is 0 Å². The third-order valence-electron chi connectivity index (χ3n) is 3.60. The van der Waals surface area contributed by atoms with Crippen LogP contribution >= 0.6 is 11.8 Å². The lowest BCUT2D eigenvalue weighted by Crippen LogP contribution is -2.25. The van der Waals surface area contributed by atoms with Crippen molar-refractivity contribution in [3.63, 3.8) is 0 Å². The van der Waals surface area contributed by atoms with E-state index in [2.05, 4.69) is 10.2 Å². The van der Waals surface area contributed by atoms with Crippen molar-refractivity contribution in [2.45, 2.75) is 45.3 Å². The third-order valence-corrected chi connectivity index (χ3v) is 4.78. The second-order valence-corrected chi connectivity index (χ2v) is 6.81. The van der Waals surface area contributed by atoms with Gasteiger partial charge in [0.25, 0.3) is 0 Å². The number of rotatable bonds is 4. The van der Waals surface area contributed by atoms with Crippen LogP contribution in [0.4, 0.5) is 0 Å². The molecule has 3 rings (SSSR count). The number of amides is 1. The maximum atomic E-state index is 12.1. The monoisotopic (exact) mass is 308 g/mol. The highest BCUT2D eigenvalue weighted by Crippen LogP contribution is 2.42. The maximum Gasteiger partial charge on any atom is 0.336 e. The molecule has 2 aliphatic heterocycles. The molecule has 0 unspecified atom stereocenters. The lowest BCUT2D eigenvalue weighted by Gasteiger charge is -2.14. The Bertz CT molecular complexity index is 535. The molecule has 1 amide bonds. The number of carbonyl (C=O) groups excluding carboxylic acids is 2. The number of esters is 1. The fourth-order valence-corrected chi connectivity index (χ4v) is 3.72. The molecule has 21 heavy (non-hydrogen) atoms. The Hall–Kier alpha value is -1.43. The molecule has 2 heterocycles. The quantitative estimate of drug-likeness (QED) is 0.633. The number of fused-ring (bicyclic) bond motifs is 1. The van der Waals surface area contributed by atoms with Crippen molar-refractivity contribution in [3.05, 3.63) is 22.4 Å². The zero-order chi connectivity index (χ0) is 15.0. The summed E-state index contributed by atoms with van der Waals surface area (Å²) in [6.45, 7) is 4.46. The van der Waals surface area contributed by atoms with E-state index < -0.39 is 0 Å². The molecule has 3 aliphatic rings. The van der Waals surface area contributed by atoms with Gasteiger partial charge < -0.3 is 15.0 Å². The lowest BCUT2D eigenvalue weighted by atomic mass is 10.2.